The molecule has 0 amide bonds. The molecule has 0 spiro atoms. The molecule has 2 fully saturated rings. The van der Waals surface area contributed by atoms with Crippen molar-refractivity contribution < 1.29 is 4.79 Å². The lowest BCUT2D eigenvalue weighted by molar-refractivity contribution is -0.117. The van der Waals surface area contributed by atoms with Crippen LogP contribution in [0.25, 0.3) is 0 Å². The van der Waals surface area contributed by atoms with Gasteiger partial charge in [0.25, 0.3) is 0 Å². The molecule has 0 bridgehead atoms. The van der Waals surface area contributed by atoms with Crippen LogP contribution in [0, 0.1) is 5.92 Å². The lowest BCUT2D eigenvalue weighted by atomic mass is 9.94. The van der Waals surface area contributed by atoms with Gasteiger partial charge >= 0.3 is 0 Å². The van der Waals surface area contributed by atoms with Crippen LogP contribution < -0.4 is 0 Å². The van der Waals surface area contributed by atoms with Gasteiger partial charge in [0.15, 0.2) is 0 Å². The van der Waals surface area contributed by atoms with Crippen molar-refractivity contribution >= 4 is 5.78 Å². The van der Waals surface area contributed by atoms with Crippen LogP contribution in [0.4, 0.5) is 0 Å². The van der Waals surface area contributed by atoms with Crippen LogP contribution >= 0.6 is 0 Å². The van der Waals surface area contributed by atoms with Gasteiger partial charge in [-0.2, -0.15) is 0 Å². The van der Waals surface area contributed by atoms with Crippen LogP contribution in [0.3, 0.4) is 0 Å². The van der Waals surface area contributed by atoms with Crippen molar-refractivity contribution in [1.29, 1.82) is 0 Å². The van der Waals surface area contributed by atoms with E-state index in [0.717, 1.165) is 25.2 Å². The molecule has 0 aromatic carbocycles. The predicted molar refractivity (Wildman–Crippen MR) is 57.2 cm³/mol. The molecule has 1 saturated carbocycles. The maximum absolute atomic E-state index is 11.2. The topological polar surface area (TPSA) is 20.3 Å². The quantitative estimate of drug-likeness (QED) is 0.673. The number of hydrogen-bond acceptors (Lipinski definition) is 2. The smallest absolute Gasteiger partial charge is 0.134 e. The summed E-state index contributed by atoms with van der Waals surface area (Å²) < 4.78 is 0. The van der Waals surface area contributed by atoms with E-state index in [9.17, 15) is 4.79 Å². The molecule has 1 saturated heterocycles. The fourth-order valence-electron chi connectivity index (χ4n) is 2.87. The third-order valence-electron chi connectivity index (χ3n) is 3.86. The van der Waals surface area contributed by atoms with E-state index in [1.165, 1.54) is 32.4 Å². The van der Waals surface area contributed by atoms with E-state index in [0.29, 0.717) is 11.8 Å². The molecule has 0 aromatic rings. The van der Waals surface area contributed by atoms with E-state index in [4.69, 9.17) is 0 Å². The van der Waals surface area contributed by atoms with Crippen LogP contribution in [0.5, 0.6) is 0 Å². The van der Waals surface area contributed by atoms with Crippen LogP contribution in [-0.4, -0.2) is 29.8 Å². The van der Waals surface area contributed by atoms with Crippen molar-refractivity contribution in [1.82, 2.24) is 4.90 Å². The highest BCUT2D eigenvalue weighted by molar-refractivity contribution is 5.81. The van der Waals surface area contributed by atoms with Crippen molar-refractivity contribution in [3.8, 4) is 0 Å². The number of nitrogens with zero attached hydrogens (tertiary/aromatic N) is 1. The number of carbonyl (C=O) groups excluding carboxylic acids is 1. The first kappa shape index (κ1) is 10.2. The molecule has 14 heavy (non-hydrogen) atoms. The number of rotatable bonds is 2. The summed E-state index contributed by atoms with van der Waals surface area (Å²) in [6.07, 6.45) is 6.82. The molecule has 2 unspecified atom stereocenters. The Morgan fingerprint density at radius 3 is 2.93 bits per heavy atom. The molecule has 80 valence electrons. The van der Waals surface area contributed by atoms with Crippen LogP contribution in [0.1, 0.15) is 45.4 Å². The molecule has 2 rings (SSSR count). The first-order chi connectivity index (χ1) is 6.79. The Morgan fingerprint density at radius 2 is 2.29 bits per heavy atom. The fraction of sp³-hybridized carbons (Fsp3) is 0.917. The monoisotopic (exact) mass is 195 g/mol. The molecular weight excluding hydrogens is 174 g/mol. The van der Waals surface area contributed by atoms with Crippen LogP contribution in [-0.2, 0) is 4.79 Å². The molecule has 1 heterocycles. The number of ketones is 1. The standard InChI is InChI=1S/C12H21NO/c1-2-10-4-3-7-13(9-10)11-5-6-12(14)8-11/h10-11H,2-9H2,1H3. The van der Waals surface area contributed by atoms with E-state index in [2.05, 4.69) is 11.8 Å². The minimum absolute atomic E-state index is 0.480. The molecule has 2 atom stereocenters. The van der Waals surface area contributed by atoms with E-state index >= 15 is 0 Å². The largest absolute Gasteiger partial charge is 0.300 e. The van der Waals surface area contributed by atoms with Gasteiger partial charge in [0, 0.05) is 25.4 Å². The van der Waals surface area contributed by atoms with Gasteiger partial charge in [-0.1, -0.05) is 13.3 Å². The Kier molecular flexibility index (Phi) is 3.22. The zero-order chi connectivity index (χ0) is 9.97. The first-order valence-corrected chi connectivity index (χ1v) is 6.05. The van der Waals surface area contributed by atoms with Gasteiger partial charge < -0.3 is 0 Å². The highest BCUT2D eigenvalue weighted by Crippen LogP contribution is 2.27. The second-order valence-corrected chi connectivity index (χ2v) is 4.85. The Hall–Kier alpha value is -0.370. The van der Waals surface area contributed by atoms with Crippen molar-refractivity contribution in [2.24, 2.45) is 5.92 Å². The van der Waals surface area contributed by atoms with Gasteiger partial charge in [-0.15, -0.1) is 0 Å². The Balaban J connectivity index is 1.87. The Morgan fingerprint density at radius 1 is 1.43 bits per heavy atom. The van der Waals surface area contributed by atoms with Gasteiger partial charge in [0.2, 0.25) is 0 Å². The maximum atomic E-state index is 11.2. The molecule has 2 aliphatic rings. The van der Waals surface area contributed by atoms with Gasteiger partial charge in [0.1, 0.15) is 5.78 Å². The minimum atomic E-state index is 0.480. The van der Waals surface area contributed by atoms with Crippen LogP contribution in [0.2, 0.25) is 0 Å². The summed E-state index contributed by atoms with van der Waals surface area (Å²) in [6, 6.07) is 0.594. The van der Waals surface area contributed by atoms with Gasteiger partial charge in [-0.05, 0) is 31.7 Å². The first-order valence-electron chi connectivity index (χ1n) is 6.05. The van der Waals surface area contributed by atoms with Crippen molar-refractivity contribution in [2.75, 3.05) is 13.1 Å². The highest BCUT2D eigenvalue weighted by atomic mass is 16.1. The summed E-state index contributed by atoms with van der Waals surface area (Å²) in [4.78, 5) is 13.8. The van der Waals surface area contributed by atoms with Gasteiger partial charge in [-0.25, -0.2) is 0 Å². The summed E-state index contributed by atoms with van der Waals surface area (Å²) in [7, 11) is 0. The van der Waals surface area contributed by atoms with E-state index in [1.54, 1.807) is 0 Å². The summed E-state index contributed by atoms with van der Waals surface area (Å²) in [5.74, 6) is 1.37. The normalized spacial score (nSPS) is 35.1. The lowest BCUT2D eigenvalue weighted by Gasteiger charge is -2.36. The van der Waals surface area contributed by atoms with Crippen LogP contribution in [0.15, 0.2) is 0 Å². The molecule has 1 aliphatic heterocycles. The number of likely N-dealkylation sites (tertiary alicyclic amines) is 1. The Labute approximate surface area is 86.7 Å². The summed E-state index contributed by atoms with van der Waals surface area (Å²) in [6.45, 7) is 4.76. The third-order valence-corrected chi connectivity index (χ3v) is 3.86. The van der Waals surface area contributed by atoms with Crippen molar-refractivity contribution in [3.63, 3.8) is 0 Å². The summed E-state index contributed by atoms with van der Waals surface area (Å²) >= 11 is 0. The number of Topliss-reactive ketones (excluding diaryl/α,β-unsaturated/α-hetero) is 1. The maximum Gasteiger partial charge on any atom is 0.134 e. The van der Waals surface area contributed by atoms with Crippen molar-refractivity contribution in [3.05, 3.63) is 0 Å². The average molecular weight is 195 g/mol. The highest BCUT2D eigenvalue weighted by Gasteiger charge is 2.30. The summed E-state index contributed by atoms with van der Waals surface area (Å²) in [5.41, 5.74) is 0. The number of hydrogen-bond donors (Lipinski definition) is 0. The molecule has 1 aliphatic carbocycles. The zero-order valence-corrected chi connectivity index (χ0v) is 9.17. The van der Waals surface area contributed by atoms with E-state index in [-0.39, 0.29) is 0 Å². The molecular formula is C12H21NO. The SMILES string of the molecule is CCC1CCCN(C2CCC(=O)C2)C1. The zero-order valence-electron chi connectivity index (χ0n) is 9.17. The molecule has 0 aromatic heterocycles. The third kappa shape index (κ3) is 2.17. The van der Waals surface area contributed by atoms with Crippen molar-refractivity contribution in [2.45, 2.75) is 51.5 Å². The molecule has 0 radical (unpaired) electrons. The second-order valence-electron chi connectivity index (χ2n) is 4.85. The predicted octanol–water partition coefficient (Wildman–Crippen LogP) is 2.23. The molecule has 2 heteroatoms. The molecule has 0 N–H and O–H groups in total. The summed E-state index contributed by atoms with van der Waals surface area (Å²) in [5, 5.41) is 0. The number of carbonyl (C=O) groups is 1. The fourth-order valence-corrected chi connectivity index (χ4v) is 2.87. The number of piperidine rings is 1. The van der Waals surface area contributed by atoms with E-state index in [1.807, 2.05) is 0 Å². The van der Waals surface area contributed by atoms with Gasteiger partial charge in [0.05, 0.1) is 0 Å². The second kappa shape index (κ2) is 4.43. The average Bonchev–Trinajstić information content (AvgIpc) is 2.65. The van der Waals surface area contributed by atoms with E-state index < -0.39 is 0 Å². The Bertz CT molecular complexity index is 214. The van der Waals surface area contributed by atoms with Gasteiger partial charge in [-0.3, -0.25) is 9.69 Å². The lowest BCUT2D eigenvalue weighted by Crippen LogP contribution is -2.41. The minimum Gasteiger partial charge on any atom is -0.300 e. The molecule has 2 nitrogen and oxygen atoms in total.